The van der Waals surface area contributed by atoms with E-state index in [9.17, 15) is 17.6 Å². The van der Waals surface area contributed by atoms with Crippen molar-refractivity contribution in [3.8, 4) is 0 Å². The molecule has 1 heterocycles. The highest BCUT2D eigenvalue weighted by atomic mass is 32.2. The van der Waals surface area contributed by atoms with Crippen molar-refractivity contribution in [2.75, 3.05) is 11.5 Å². The molecule has 1 atom stereocenters. The zero-order valence-corrected chi connectivity index (χ0v) is 12.2. The number of hydrazine groups is 1. The molecule has 21 heavy (non-hydrogen) atoms. The van der Waals surface area contributed by atoms with Gasteiger partial charge in [-0.25, -0.2) is 4.39 Å². The SMILES string of the molecule is NNC(CC1CCSCC1)c1ccc(C(F)(F)F)c(F)c1. The van der Waals surface area contributed by atoms with Crippen molar-refractivity contribution in [2.24, 2.45) is 11.8 Å². The minimum absolute atomic E-state index is 0.324. The maximum absolute atomic E-state index is 13.6. The van der Waals surface area contributed by atoms with Crippen LogP contribution < -0.4 is 11.3 Å². The van der Waals surface area contributed by atoms with Crippen molar-refractivity contribution < 1.29 is 17.6 Å². The zero-order chi connectivity index (χ0) is 15.5. The Hall–Kier alpha value is -0.790. The molecule has 0 radical (unpaired) electrons. The molecular formula is C14H18F4N2S. The van der Waals surface area contributed by atoms with Crippen LogP contribution in [0.15, 0.2) is 18.2 Å². The summed E-state index contributed by atoms with van der Waals surface area (Å²) in [7, 11) is 0. The molecule has 118 valence electrons. The predicted octanol–water partition coefficient (Wildman–Crippen LogP) is 3.88. The topological polar surface area (TPSA) is 38.0 Å². The van der Waals surface area contributed by atoms with Crippen LogP contribution in [0.5, 0.6) is 0 Å². The van der Waals surface area contributed by atoms with Gasteiger partial charge in [0.2, 0.25) is 0 Å². The first-order valence-electron chi connectivity index (χ1n) is 6.82. The highest BCUT2D eigenvalue weighted by Gasteiger charge is 2.34. The van der Waals surface area contributed by atoms with E-state index in [1.165, 1.54) is 6.07 Å². The number of rotatable bonds is 4. The molecule has 1 aromatic carbocycles. The lowest BCUT2D eigenvalue weighted by molar-refractivity contribution is -0.140. The van der Waals surface area contributed by atoms with E-state index in [4.69, 9.17) is 5.84 Å². The van der Waals surface area contributed by atoms with E-state index in [2.05, 4.69) is 5.43 Å². The van der Waals surface area contributed by atoms with Gasteiger partial charge in [-0.15, -0.1) is 0 Å². The molecule has 0 saturated carbocycles. The number of nitrogens with two attached hydrogens (primary N) is 1. The molecule has 0 aliphatic carbocycles. The van der Waals surface area contributed by atoms with Crippen molar-refractivity contribution in [3.05, 3.63) is 35.1 Å². The molecule has 3 N–H and O–H groups in total. The van der Waals surface area contributed by atoms with Gasteiger partial charge in [0.15, 0.2) is 0 Å². The highest BCUT2D eigenvalue weighted by Crippen LogP contribution is 2.34. The highest BCUT2D eigenvalue weighted by molar-refractivity contribution is 7.99. The maximum Gasteiger partial charge on any atom is 0.419 e. The Morgan fingerprint density at radius 2 is 1.95 bits per heavy atom. The number of halogens is 4. The molecule has 0 bridgehead atoms. The van der Waals surface area contributed by atoms with Crippen LogP contribution in [0.3, 0.4) is 0 Å². The average molecular weight is 322 g/mol. The first-order valence-corrected chi connectivity index (χ1v) is 7.98. The van der Waals surface area contributed by atoms with Crippen molar-refractivity contribution in [3.63, 3.8) is 0 Å². The summed E-state index contributed by atoms with van der Waals surface area (Å²) in [4.78, 5) is 0. The molecule has 1 fully saturated rings. The fourth-order valence-electron chi connectivity index (χ4n) is 2.59. The molecule has 1 aliphatic heterocycles. The molecule has 0 amide bonds. The van der Waals surface area contributed by atoms with Gasteiger partial charge < -0.3 is 0 Å². The van der Waals surface area contributed by atoms with Crippen molar-refractivity contribution >= 4 is 11.8 Å². The van der Waals surface area contributed by atoms with Crippen LogP contribution in [-0.4, -0.2) is 11.5 Å². The Labute approximate surface area is 125 Å². The minimum atomic E-state index is -4.67. The van der Waals surface area contributed by atoms with Gasteiger partial charge in [0.05, 0.1) is 5.56 Å². The van der Waals surface area contributed by atoms with E-state index in [0.29, 0.717) is 17.9 Å². The second-order valence-electron chi connectivity index (χ2n) is 5.25. The number of nitrogens with one attached hydrogen (secondary N) is 1. The largest absolute Gasteiger partial charge is 0.419 e. The van der Waals surface area contributed by atoms with Crippen molar-refractivity contribution in [1.82, 2.24) is 5.43 Å². The fraction of sp³-hybridized carbons (Fsp3) is 0.571. The molecule has 2 rings (SSSR count). The predicted molar refractivity (Wildman–Crippen MR) is 76.1 cm³/mol. The Morgan fingerprint density at radius 1 is 1.29 bits per heavy atom. The summed E-state index contributed by atoms with van der Waals surface area (Å²) >= 11 is 1.90. The molecule has 1 aliphatic rings. The van der Waals surface area contributed by atoms with Crippen molar-refractivity contribution in [1.29, 1.82) is 0 Å². The Morgan fingerprint density at radius 3 is 2.48 bits per heavy atom. The van der Waals surface area contributed by atoms with Crippen LogP contribution in [0.1, 0.15) is 36.4 Å². The summed E-state index contributed by atoms with van der Waals surface area (Å²) in [6.45, 7) is 0. The second kappa shape index (κ2) is 6.98. The van der Waals surface area contributed by atoms with Gasteiger partial charge in [-0.05, 0) is 54.4 Å². The number of hydrogen-bond donors (Lipinski definition) is 2. The van der Waals surface area contributed by atoms with E-state index in [-0.39, 0.29) is 6.04 Å². The van der Waals surface area contributed by atoms with E-state index in [1.54, 1.807) is 0 Å². The van der Waals surface area contributed by atoms with Crippen molar-refractivity contribution in [2.45, 2.75) is 31.5 Å². The van der Waals surface area contributed by atoms with E-state index in [0.717, 1.165) is 36.5 Å². The summed E-state index contributed by atoms with van der Waals surface area (Å²) in [5, 5.41) is 0. The van der Waals surface area contributed by atoms with Crippen LogP contribution in [0.25, 0.3) is 0 Å². The van der Waals surface area contributed by atoms with Gasteiger partial charge in [0.25, 0.3) is 0 Å². The summed E-state index contributed by atoms with van der Waals surface area (Å²) in [5.74, 6) is 6.89. The van der Waals surface area contributed by atoms with Gasteiger partial charge in [-0.2, -0.15) is 24.9 Å². The van der Waals surface area contributed by atoms with Gasteiger partial charge >= 0.3 is 6.18 Å². The summed E-state index contributed by atoms with van der Waals surface area (Å²) in [6, 6.07) is 2.69. The molecule has 0 spiro atoms. The fourth-order valence-corrected chi connectivity index (χ4v) is 3.80. The van der Waals surface area contributed by atoms with E-state index in [1.807, 2.05) is 11.8 Å². The van der Waals surface area contributed by atoms with E-state index < -0.39 is 17.6 Å². The first-order chi connectivity index (χ1) is 9.91. The van der Waals surface area contributed by atoms with Crippen LogP contribution in [0.4, 0.5) is 17.6 Å². The molecule has 0 aromatic heterocycles. The number of hydrogen-bond acceptors (Lipinski definition) is 3. The normalized spacial score (nSPS) is 18.7. The molecule has 1 saturated heterocycles. The monoisotopic (exact) mass is 322 g/mol. The zero-order valence-electron chi connectivity index (χ0n) is 11.4. The van der Waals surface area contributed by atoms with Gasteiger partial charge in [-0.3, -0.25) is 11.3 Å². The lowest BCUT2D eigenvalue weighted by atomic mass is 9.90. The minimum Gasteiger partial charge on any atom is -0.271 e. The van der Waals surface area contributed by atoms with Crippen LogP contribution in [0, 0.1) is 11.7 Å². The summed E-state index contributed by atoms with van der Waals surface area (Å²) in [5.41, 5.74) is 1.82. The third kappa shape index (κ3) is 4.34. The lowest BCUT2D eigenvalue weighted by Crippen LogP contribution is -2.30. The van der Waals surface area contributed by atoms with Gasteiger partial charge in [-0.1, -0.05) is 6.07 Å². The third-order valence-electron chi connectivity index (χ3n) is 3.81. The molecule has 1 unspecified atom stereocenters. The smallest absolute Gasteiger partial charge is 0.271 e. The maximum atomic E-state index is 13.6. The number of thioether (sulfide) groups is 1. The average Bonchev–Trinajstić information content (AvgIpc) is 2.44. The molecule has 7 heteroatoms. The molecule has 1 aromatic rings. The van der Waals surface area contributed by atoms with Crippen LogP contribution >= 0.6 is 11.8 Å². The quantitative estimate of drug-likeness (QED) is 0.502. The molecular weight excluding hydrogens is 304 g/mol. The second-order valence-corrected chi connectivity index (χ2v) is 6.47. The Bertz CT molecular complexity index is 473. The van der Waals surface area contributed by atoms with Crippen LogP contribution in [0.2, 0.25) is 0 Å². The third-order valence-corrected chi connectivity index (χ3v) is 4.86. The van der Waals surface area contributed by atoms with Crippen LogP contribution in [-0.2, 0) is 6.18 Å². The standard InChI is InChI=1S/C14H18F4N2S/c15-12-8-10(1-2-11(12)14(16,17)18)13(20-19)7-9-3-5-21-6-4-9/h1-2,8-9,13,20H,3-7,19H2. The summed E-state index contributed by atoms with van der Waals surface area (Å²) < 4.78 is 51.3. The molecule has 2 nitrogen and oxygen atoms in total. The van der Waals surface area contributed by atoms with Gasteiger partial charge in [0.1, 0.15) is 5.82 Å². The Kier molecular flexibility index (Phi) is 5.51. The number of benzene rings is 1. The number of alkyl halides is 3. The lowest BCUT2D eigenvalue weighted by Gasteiger charge is -2.26. The first kappa shape index (κ1) is 16.6. The van der Waals surface area contributed by atoms with E-state index >= 15 is 0 Å². The van der Waals surface area contributed by atoms with Gasteiger partial charge in [0, 0.05) is 6.04 Å². The summed E-state index contributed by atoms with van der Waals surface area (Å²) in [6.07, 6.45) is -1.84. The Balaban J connectivity index is 2.12.